The van der Waals surface area contributed by atoms with Crippen molar-refractivity contribution in [1.82, 2.24) is 9.29 Å². The van der Waals surface area contributed by atoms with Crippen molar-refractivity contribution in [2.45, 2.75) is 30.2 Å². The molecule has 11 heteroatoms. The maximum atomic E-state index is 12.9. The highest BCUT2D eigenvalue weighted by molar-refractivity contribution is 7.89. The Kier molecular flexibility index (Phi) is 7.15. The Labute approximate surface area is 236 Å². The fourth-order valence-corrected chi connectivity index (χ4v) is 8.05. The third-order valence-electron chi connectivity index (χ3n) is 7.05. The number of thiophene rings is 1. The van der Waals surface area contributed by atoms with Crippen molar-refractivity contribution >= 4 is 43.5 Å². The molecule has 1 unspecified atom stereocenters. The van der Waals surface area contributed by atoms with Crippen LogP contribution in [-0.4, -0.2) is 50.7 Å². The molecule has 2 aromatic heterocycles. The largest absolute Gasteiger partial charge is 0.493 e. The summed E-state index contributed by atoms with van der Waals surface area (Å²) in [5.74, 6) is 1.35. The van der Waals surface area contributed by atoms with E-state index < -0.39 is 10.0 Å². The second kappa shape index (κ2) is 10.7. The molecule has 0 amide bonds. The summed E-state index contributed by atoms with van der Waals surface area (Å²) in [6.45, 7) is 1.18. The van der Waals surface area contributed by atoms with Gasteiger partial charge in [-0.05, 0) is 54.1 Å². The van der Waals surface area contributed by atoms with Gasteiger partial charge in [0.1, 0.15) is 0 Å². The average molecular weight is 581 g/mol. The van der Waals surface area contributed by atoms with Gasteiger partial charge >= 0.3 is 0 Å². The van der Waals surface area contributed by atoms with Gasteiger partial charge in [0, 0.05) is 30.5 Å². The van der Waals surface area contributed by atoms with E-state index >= 15 is 0 Å². The number of rotatable bonds is 8. The highest BCUT2D eigenvalue weighted by atomic mass is 32.2. The van der Waals surface area contributed by atoms with Crippen LogP contribution in [0.1, 0.15) is 35.7 Å². The number of methoxy groups -OCH3 is 2. The molecule has 202 valence electrons. The van der Waals surface area contributed by atoms with Gasteiger partial charge in [-0.1, -0.05) is 24.3 Å². The van der Waals surface area contributed by atoms with Crippen LogP contribution >= 0.6 is 22.7 Å². The molecule has 2 aliphatic rings. The molecule has 0 aliphatic carbocycles. The van der Waals surface area contributed by atoms with Gasteiger partial charge in [-0.15, -0.1) is 22.7 Å². The van der Waals surface area contributed by atoms with Crippen molar-refractivity contribution in [1.29, 1.82) is 0 Å². The van der Waals surface area contributed by atoms with Gasteiger partial charge in [0.05, 0.1) is 41.4 Å². The minimum atomic E-state index is -3.45. The van der Waals surface area contributed by atoms with Crippen LogP contribution in [-0.2, 0) is 10.0 Å². The Morgan fingerprint density at radius 1 is 0.949 bits per heavy atom. The number of sulfonamides is 1. The fourth-order valence-electron chi connectivity index (χ4n) is 4.98. The van der Waals surface area contributed by atoms with Gasteiger partial charge in [0.2, 0.25) is 15.2 Å². The highest BCUT2D eigenvalue weighted by Gasteiger charge is 2.33. The minimum absolute atomic E-state index is 0.0612. The summed E-state index contributed by atoms with van der Waals surface area (Å²) in [6.07, 6.45) is 2.56. The third-order valence-corrected chi connectivity index (χ3v) is 10.7. The minimum Gasteiger partial charge on any atom is -0.493 e. The molecule has 1 fully saturated rings. The van der Waals surface area contributed by atoms with Gasteiger partial charge in [0.25, 0.3) is 0 Å². The van der Waals surface area contributed by atoms with E-state index in [1.54, 1.807) is 42.0 Å². The Morgan fingerprint density at radius 2 is 1.72 bits per heavy atom. The summed E-state index contributed by atoms with van der Waals surface area (Å²) in [4.78, 5) is 6.38. The SMILES string of the molecule is COc1ccc(C2CC(c3cccs3)=NN2c2nc(-c3ccc(S(=O)(=O)N4CCCC4)cc3)cs2)cc1OC. The molecule has 0 spiro atoms. The average Bonchev–Trinajstić information content (AvgIpc) is 3.78. The molecule has 2 aromatic carbocycles. The Balaban J connectivity index is 1.31. The van der Waals surface area contributed by atoms with Gasteiger partial charge in [-0.2, -0.15) is 9.41 Å². The van der Waals surface area contributed by atoms with Crippen molar-refractivity contribution < 1.29 is 17.9 Å². The van der Waals surface area contributed by atoms with E-state index in [2.05, 4.69) is 11.4 Å². The van der Waals surface area contributed by atoms with Crippen LogP contribution in [0, 0.1) is 0 Å². The normalized spacial score (nSPS) is 17.9. The van der Waals surface area contributed by atoms with Crippen LogP contribution in [0.2, 0.25) is 0 Å². The first-order valence-electron chi connectivity index (χ1n) is 12.7. The molecule has 1 saturated heterocycles. The van der Waals surface area contributed by atoms with E-state index in [0.29, 0.717) is 29.5 Å². The number of anilines is 1. The molecule has 0 saturated carbocycles. The molecule has 39 heavy (non-hydrogen) atoms. The van der Waals surface area contributed by atoms with Gasteiger partial charge < -0.3 is 9.47 Å². The molecule has 1 atom stereocenters. The van der Waals surface area contributed by atoms with E-state index in [9.17, 15) is 8.42 Å². The fraction of sp³-hybridized carbons (Fsp3) is 0.286. The molecule has 0 N–H and O–H groups in total. The first kappa shape index (κ1) is 26.0. The van der Waals surface area contributed by atoms with E-state index in [0.717, 1.165) is 51.8 Å². The monoisotopic (exact) mass is 580 g/mol. The summed E-state index contributed by atoms with van der Waals surface area (Å²) in [5.41, 5.74) is 3.71. The van der Waals surface area contributed by atoms with E-state index in [4.69, 9.17) is 19.6 Å². The van der Waals surface area contributed by atoms with Gasteiger partial charge in [0.15, 0.2) is 11.5 Å². The number of nitrogens with zero attached hydrogens (tertiary/aromatic N) is 4. The lowest BCUT2D eigenvalue weighted by Gasteiger charge is -2.22. The number of hydrogen-bond acceptors (Lipinski definition) is 9. The lowest BCUT2D eigenvalue weighted by Crippen LogP contribution is -2.27. The van der Waals surface area contributed by atoms with Crippen LogP contribution in [0.3, 0.4) is 0 Å². The summed E-state index contributed by atoms with van der Waals surface area (Å²) in [7, 11) is -0.188. The predicted molar refractivity (Wildman–Crippen MR) is 156 cm³/mol. The molecule has 4 heterocycles. The number of ether oxygens (including phenoxy) is 2. The maximum Gasteiger partial charge on any atom is 0.243 e. The standard InChI is InChI=1S/C28H28N4O4S3/c1-35-25-12-9-20(16-26(25)36-2)24-17-22(27-6-5-15-37-27)30-32(24)28-29-23(18-38-28)19-7-10-21(11-8-19)39(33,34)31-13-3-4-14-31/h5-12,15-16,18,24H,3-4,13-14,17H2,1-2H3. The van der Waals surface area contributed by atoms with Crippen LogP contribution in [0.25, 0.3) is 11.3 Å². The number of hydrazone groups is 1. The molecule has 8 nitrogen and oxygen atoms in total. The molecule has 0 bridgehead atoms. The summed E-state index contributed by atoms with van der Waals surface area (Å²) in [5, 5.41) is 11.8. The van der Waals surface area contributed by atoms with E-state index in [1.165, 1.54) is 11.3 Å². The van der Waals surface area contributed by atoms with Crippen LogP contribution in [0.4, 0.5) is 5.13 Å². The van der Waals surface area contributed by atoms with Gasteiger partial charge in [-0.25, -0.2) is 18.4 Å². The Bertz CT molecular complexity index is 1590. The van der Waals surface area contributed by atoms with Crippen molar-refractivity contribution in [2.75, 3.05) is 32.3 Å². The number of hydrogen-bond donors (Lipinski definition) is 0. The summed E-state index contributed by atoms with van der Waals surface area (Å²) >= 11 is 3.19. The molecular weight excluding hydrogens is 553 g/mol. The smallest absolute Gasteiger partial charge is 0.243 e. The predicted octanol–water partition coefficient (Wildman–Crippen LogP) is 6.03. The van der Waals surface area contributed by atoms with Crippen molar-refractivity contribution in [3.8, 4) is 22.8 Å². The second-order valence-corrected chi connectivity index (χ2v) is 13.1. The summed E-state index contributed by atoms with van der Waals surface area (Å²) in [6, 6.07) is 17.0. The molecule has 6 rings (SSSR count). The van der Waals surface area contributed by atoms with Crippen LogP contribution in [0.15, 0.2) is 75.4 Å². The molecule has 4 aromatic rings. The zero-order chi connectivity index (χ0) is 27.0. The lowest BCUT2D eigenvalue weighted by molar-refractivity contribution is 0.354. The highest BCUT2D eigenvalue weighted by Crippen LogP contribution is 2.42. The van der Waals surface area contributed by atoms with E-state index in [1.807, 2.05) is 46.8 Å². The van der Waals surface area contributed by atoms with Crippen molar-refractivity contribution in [3.05, 3.63) is 75.8 Å². The summed E-state index contributed by atoms with van der Waals surface area (Å²) < 4.78 is 38.4. The third kappa shape index (κ3) is 4.95. The van der Waals surface area contributed by atoms with Crippen molar-refractivity contribution in [2.24, 2.45) is 5.10 Å². The number of aromatic nitrogens is 1. The number of thiazole rings is 1. The van der Waals surface area contributed by atoms with Gasteiger partial charge in [-0.3, -0.25) is 0 Å². The lowest BCUT2D eigenvalue weighted by atomic mass is 10.0. The maximum absolute atomic E-state index is 12.9. The topological polar surface area (TPSA) is 84.3 Å². The van der Waals surface area contributed by atoms with Crippen LogP contribution in [0.5, 0.6) is 11.5 Å². The molecule has 2 aliphatic heterocycles. The Hall–Kier alpha value is -3.25. The number of benzene rings is 2. The molecule has 0 radical (unpaired) electrons. The first-order valence-corrected chi connectivity index (χ1v) is 15.9. The zero-order valence-corrected chi connectivity index (χ0v) is 24.1. The first-order chi connectivity index (χ1) is 19.0. The van der Waals surface area contributed by atoms with Crippen molar-refractivity contribution in [3.63, 3.8) is 0 Å². The molecular formula is C28H28N4O4S3. The second-order valence-electron chi connectivity index (χ2n) is 9.35. The zero-order valence-electron chi connectivity index (χ0n) is 21.6. The van der Waals surface area contributed by atoms with Crippen LogP contribution < -0.4 is 14.5 Å². The quantitative estimate of drug-likeness (QED) is 0.253. The Morgan fingerprint density at radius 3 is 2.41 bits per heavy atom. The van der Waals surface area contributed by atoms with E-state index in [-0.39, 0.29) is 6.04 Å².